The van der Waals surface area contributed by atoms with Gasteiger partial charge in [0, 0.05) is 18.0 Å². The number of rotatable bonds is 8. The second-order valence-corrected chi connectivity index (χ2v) is 8.75. The van der Waals surface area contributed by atoms with Crippen LogP contribution in [-0.2, 0) is 9.59 Å². The highest BCUT2D eigenvalue weighted by atomic mass is 19.1. The number of amides is 1. The summed E-state index contributed by atoms with van der Waals surface area (Å²) in [5.74, 6) is -0.113. The first kappa shape index (κ1) is 22.5. The zero-order chi connectivity index (χ0) is 24.7. The molecule has 3 heterocycles. The number of fused-ring (bicyclic) bond motifs is 1. The van der Waals surface area contributed by atoms with Gasteiger partial charge in [-0.3, -0.25) is 19.0 Å². The number of carbonyl (C=O) groups excluding carboxylic acids is 2. The van der Waals surface area contributed by atoms with Gasteiger partial charge in [-0.15, -0.1) is 10.2 Å². The first-order valence-electron chi connectivity index (χ1n) is 11.2. The molecule has 5 rings (SSSR count). The third kappa shape index (κ3) is 4.20. The fourth-order valence-electron chi connectivity index (χ4n) is 3.88. The highest BCUT2D eigenvalue weighted by Gasteiger charge is 2.31. The molecular weight excluding hydrogens is 453 g/mol. The molecule has 0 bridgehead atoms. The number of anilines is 1. The van der Waals surface area contributed by atoms with E-state index in [9.17, 15) is 18.8 Å². The van der Waals surface area contributed by atoms with E-state index in [4.69, 9.17) is 0 Å². The molecule has 0 atom stereocenters. The maximum atomic E-state index is 14.8. The maximum Gasteiger partial charge on any atom is 0.267 e. The van der Waals surface area contributed by atoms with Crippen LogP contribution in [0.15, 0.2) is 47.8 Å². The first-order chi connectivity index (χ1) is 16.9. The topological polar surface area (TPSA) is 116 Å². The quantitative estimate of drug-likeness (QED) is 0.360. The first-order valence-corrected chi connectivity index (χ1v) is 11.2. The van der Waals surface area contributed by atoms with E-state index in [1.54, 1.807) is 24.5 Å². The summed E-state index contributed by atoms with van der Waals surface area (Å²) in [5, 5.41) is 8.19. The van der Waals surface area contributed by atoms with E-state index in [-0.39, 0.29) is 40.9 Å². The summed E-state index contributed by atoms with van der Waals surface area (Å²) in [6, 6.07) is 7.59. The lowest BCUT2D eigenvalue weighted by Crippen LogP contribution is -2.30. The van der Waals surface area contributed by atoms with Crippen molar-refractivity contribution in [3.63, 3.8) is 0 Å². The zero-order valence-electron chi connectivity index (χ0n) is 19.1. The molecule has 0 unspecified atom stereocenters. The molecule has 3 aromatic heterocycles. The molecule has 0 saturated heterocycles. The van der Waals surface area contributed by atoms with Crippen LogP contribution < -0.4 is 10.5 Å². The van der Waals surface area contributed by atoms with Crippen molar-refractivity contribution >= 4 is 28.8 Å². The lowest BCUT2D eigenvalue weighted by atomic mass is 10.1. The molecule has 1 amide bonds. The molecule has 1 aliphatic carbocycles. The normalized spacial score (nSPS) is 13.4. The number of hydrogen-bond donors (Lipinski definition) is 0. The molecule has 4 aromatic rings. The van der Waals surface area contributed by atoms with E-state index >= 15 is 0 Å². The maximum absolute atomic E-state index is 14.8. The van der Waals surface area contributed by atoms with Crippen molar-refractivity contribution in [3.05, 3.63) is 59.2 Å². The van der Waals surface area contributed by atoms with Crippen LogP contribution in [0.1, 0.15) is 32.7 Å². The highest BCUT2D eigenvalue weighted by Crippen LogP contribution is 2.31. The Bertz CT molecular complexity index is 1510. The zero-order valence-corrected chi connectivity index (χ0v) is 19.1. The van der Waals surface area contributed by atoms with Crippen LogP contribution in [-0.4, -0.2) is 48.0 Å². The fourth-order valence-corrected chi connectivity index (χ4v) is 3.88. The molecule has 1 saturated carbocycles. The van der Waals surface area contributed by atoms with Crippen molar-refractivity contribution in [2.75, 3.05) is 11.4 Å². The molecule has 0 radical (unpaired) electrons. The van der Waals surface area contributed by atoms with Crippen LogP contribution >= 0.6 is 0 Å². The van der Waals surface area contributed by atoms with E-state index in [2.05, 4.69) is 20.2 Å². The van der Waals surface area contributed by atoms with Crippen LogP contribution in [0.25, 0.3) is 28.2 Å². The highest BCUT2D eigenvalue weighted by molar-refractivity contribution is 5.94. The summed E-state index contributed by atoms with van der Waals surface area (Å²) in [6.07, 6.45) is 4.84. The van der Waals surface area contributed by atoms with Gasteiger partial charge in [-0.25, -0.2) is 14.4 Å². The largest absolute Gasteiger partial charge is 0.310 e. The minimum atomic E-state index is -0.744. The third-order valence-electron chi connectivity index (χ3n) is 5.96. The van der Waals surface area contributed by atoms with E-state index in [0.29, 0.717) is 23.7 Å². The predicted octanol–water partition coefficient (Wildman–Crippen LogP) is 2.70. The average molecular weight is 475 g/mol. The van der Waals surface area contributed by atoms with Gasteiger partial charge >= 0.3 is 0 Å². The van der Waals surface area contributed by atoms with Crippen molar-refractivity contribution < 1.29 is 14.0 Å². The smallest absolute Gasteiger partial charge is 0.267 e. The predicted molar refractivity (Wildman–Crippen MR) is 126 cm³/mol. The van der Waals surface area contributed by atoms with Crippen LogP contribution in [0.4, 0.5) is 10.1 Å². The van der Waals surface area contributed by atoms with Gasteiger partial charge in [0.2, 0.25) is 6.41 Å². The molecule has 11 heteroatoms. The average Bonchev–Trinajstić information content (AvgIpc) is 3.58. The number of nitrogens with zero attached hydrogens (tertiary/aromatic N) is 7. The number of carbonyl (C=O) groups is 2. The summed E-state index contributed by atoms with van der Waals surface area (Å²) in [4.78, 5) is 47.0. The molecule has 0 spiro atoms. The molecule has 10 nitrogen and oxygen atoms in total. The van der Waals surface area contributed by atoms with E-state index in [1.807, 2.05) is 18.4 Å². The second-order valence-electron chi connectivity index (χ2n) is 8.75. The molecule has 1 aromatic carbocycles. The Balaban J connectivity index is 1.57. The Morgan fingerprint density at radius 1 is 1.26 bits per heavy atom. The molecule has 1 fully saturated rings. The summed E-state index contributed by atoms with van der Waals surface area (Å²) in [7, 11) is 0. The monoisotopic (exact) mass is 475 g/mol. The Morgan fingerprint density at radius 2 is 2.06 bits per heavy atom. The summed E-state index contributed by atoms with van der Waals surface area (Å²) in [6.45, 7) is 3.74. The molecule has 35 heavy (non-hydrogen) atoms. The van der Waals surface area contributed by atoms with Crippen molar-refractivity contribution in [2.45, 2.75) is 32.7 Å². The number of aromatic nitrogens is 6. The van der Waals surface area contributed by atoms with E-state index < -0.39 is 11.4 Å². The van der Waals surface area contributed by atoms with Gasteiger partial charge in [0.05, 0.1) is 23.1 Å². The minimum absolute atomic E-state index is 0.0836. The van der Waals surface area contributed by atoms with Gasteiger partial charge in [0.15, 0.2) is 11.6 Å². The lowest BCUT2D eigenvalue weighted by Gasteiger charge is -2.18. The number of ketones is 1. The van der Waals surface area contributed by atoms with E-state index in [0.717, 1.165) is 23.8 Å². The lowest BCUT2D eigenvalue weighted by molar-refractivity contribution is -0.120. The van der Waals surface area contributed by atoms with Crippen molar-refractivity contribution in [1.29, 1.82) is 0 Å². The van der Waals surface area contributed by atoms with Gasteiger partial charge in [-0.1, -0.05) is 6.07 Å². The standard InChI is InChI=1S/C24H22FN7O3/c1-14(2)31-12-27-29-23(31)18-4-3-5-22(28-18)32-11-26-19-9-17(25)20(8-16(19)24(32)35)30(13-33)10-21(34)15-6-7-15/h3-5,8-9,11-15H,6-7,10H2,1-2H3. The molecule has 0 N–H and O–H groups in total. The van der Waals surface area contributed by atoms with Gasteiger partial charge in [-0.2, -0.15) is 0 Å². The Labute approximate surface area is 199 Å². The number of benzene rings is 1. The van der Waals surface area contributed by atoms with Crippen molar-refractivity contribution in [2.24, 2.45) is 5.92 Å². The van der Waals surface area contributed by atoms with Crippen LogP contribution in [0.5, 0.6) is 0 Å². The van der Waals surface area contributed by atoms with E-state index in [1.165, 1.54) is 17.0 Å². The van der Waals surface area contributed by atoms with Crippen LogP contribution in [0, 0.1) is 11.7 Å². The van der Waals surface area contributed by atoms with Crippen LogP contribution in [0.2, 0.25) is 0 Å². The van der Waals surface area contributed by atoms with Crippen LogP contribution in [0.3, 0.4) is 0 Å². The van der Waals surface area contributed by atoms with Gasteiger partial charge in [0.1, 0.15) is 30.0 Å². The van der Waals surface area contributed by atoms with Gasteiger partial charge in [-0.05, 0) is 44.9 Å². The summed E-state index contributed by atoms with van der Waals surface area (Å²) >= 11 is 0. The van der Waals surface area contributed by atoms with Crippen molar-refractivity contribution in [1.82, 2.24) is 29.3 Å². The van der Waals surface area contributed by atoms with Crippen molar-refractivity contribution in [3.8, 4) is 17.3 Å². The summed E-state index contributed by atoms with van der Waals surface area (Å²) < 4.78 is 17.9. The minimum Gasteiger partial charge on any atom is -0.310 e. The summed E-state index contributed by atoms with van der Waals surface area (Å²) in [5.41, 5.74) is 0.00396. The number of halogens is 1. The Kier molecular flexibility index (Phi) is 5.67. The second kappa shape index (κ2) is 8.82. The number of pyridine rings is 1. The third-order valence-corrected chi connectivity index (χ3v) is 5.96. The SMILES string of the molecule is CC(C)n1cnnc1-c1cccc(-n2cnc3cc(F)c(N(C=O)CC(=O)C4CC4)cc3c2=O)n1. The molecule has 178 valence electrons. The van der Waals surface area contributed by atoms with Gasteiger partial charge < -0.3 is 9.47 Å². The number of hydrogen-bond acceptors (Lipinski definition) is 7. The molecular formula is C24H22FN7O3. The Morgan fingerprint density at radius 3 is 2.77 bits per heavy atom. The van der Waals surface area contributed by atoms with Gasteiger partial charge in [0.25, 0.3) is 5.56 Å². The molecule has 0 aliphatic heterocycles. The molecule has 1 aliphatic rings. The Hall–Kier alpha value is -4.28. The number of Topliss-reactive ketones (excluding diaryl/α,β-unsaturated/α-hetero) is 1. The fraction of sp³-hybridized carbons (Fsp3) is 0.292.